The van der Waals surface area contributed by atoms with Crippen LogP contribution in [0.4, 0.5) is 10.1 Å². The van der Waals surface area contributed by atoms with Crippen molar-refractivity contribution in [3.63, 3.8) is 0 Å². The minimum Gasteiger partial charge on any atom is -0.299 e. The molecule has 22 heavy (non-hydrogen) atoms. The van der Waals surface area contributed by atoms with Gasteiger partial charge < -0.3 is 0 Å². The Morgan fingerprint density at radius 1 is 1.32 bits per heavy atom. The van der Waals surface area contributed by atoms with Crippen molar-refractivity contribution in [2.75, 3.05) is 4.90 Å². The summed E-state index contributed by atoms with van der Waals surface area (Å²) in [5.74, 6) is -1.64. The van der Waals surface area contributed by atoms with Gasteiger partial charge in [-0.3, -0.25) is 24.6 Å². The summed E-state index contributed by atoms with van der Waals surface area (Å²) in [6, 6.07) is 2.05. The Morgan fingerprint density at radius 2 is 2.00 bits per heavy atom. The molecule has 1 aromatic rings. The molecular weight excluding hydrogens is 355 g/mol. The first kappa shape index (κ1) is 15.1. The Balaban J connectivity index is 2.11. The van der Waals surface area contributed by atoms with Crippen LogP contribution < -0.4 is 10.2 Å². The summed E-state index contributed by atoms with van der Waals surface area (Å²) in [5, 5.41) is 2.24. The van der Waals surface area contributed by atoms with Crippen LogP contribution in [0.5, 0.6) is 0 Å². The highest BCUT2D eigenvalue weighted by atomic mass is 79.9. The van der Waals surface area contributed by atoms with Crippen LogP contribution >= 0.6 is 15.9 Å². The molecule has 2 aliphatic rings. The normalized spacial score (nSPS) is 23.5. The first-order chi connectivity index (χ1) is 10.2. The maximum atomic E-state index is 13.9. The zero-order valence-electron chi connectivity index (χ0n) is 12.1. The maximum absolute atomic E-state index is 13.9. The number of carbonyl (C=O) groups excluding carboxylic acids is 3. The van der Waals surface area contributed by atoms with E-state index in [-0.39, 0.29) is 29.1 Å². The largest absolute Gasteiger partial charge is 0.299 e. The van der Waals surface area contributed by atoms with Crippen molar-refractivity contribution >= 4 is 39.3 Å². The predicted molar refractivity (Wildman–Crippen MR) is 80.8 cm³/mol. The molecule has 1 fully saturated rings. The Morgan fingerprint density at radius 3 is 2.64 bits per heavy atom. The van der Waals surface area contributed by atoms with Gasteiger partial charge >= 0.3 is 0 Å². The third kappa shape index (κ3) is 2.06. The topological polar surface area (TPSA) is 66.5 Å². The fraction of sp³-hybridized carbons (Fsp3) is 0.400. The van der Waals surface area contributed by atoms with Gasteiger partial charge in [-0.2, -0.15) is 0 Å². The molecule has 0 radical (unpaired) electrons. The minimum atomic E-state index is -0.854. The van der Waals surface area contributed by atoms with Crippen LogP contribution in [-0.4, -0.2) is 23.8 Å². The molecule has 0 bridgehead atoms. The highest BCUT2D eigenvalue weighted by Gasteiger charge is 2.49. The van der Waals surface area contributed by atoms with Crippen molar-refractivity contribution < 1.29 is 18.8 Å². The molecule has 1 N–H and O–H groups in total. The summed E-state index contributed by atoms with van der Waals surface area (Å²) in [4.78, 5) is 37.4. The molecule has 5 nitrogen and oxygen atoms in total. The monoisotopic (exact) mass is 368 g/mol. The van der Waals surface area contributed by atoms with E-state index in [2.05, 4.69) is 21.2 Å². The first-order valence-electron chi connectivity index (χ1n) is 6.90. The molecule has 1 aromatic carbocycles. The molecule has 0 saturated carbocycles. The van der Waals surface area contributed by atoms with E-state index in [1.165, 1.54) is 11.0 Å². The lowest BCUT2D eigenvalue weighted by Gasteiger charge is -2.31. The second-order valence-electron chi connectivity index (χ2n) is 6.05. The van der Waals surface area contributed by atoms with Gasteiger partial charge in [0.15, 0.2) is 0 Å². The molecule has 0 aromatic heterocycles. The summed E-state index contributed by atoms with van der Waals surface area (Å²) in [5.41, 5.74) is 0.202. The van der Waals surface area contributed by atoms with Crippen LogP contribution in [0.3, 0.4) is 0 Å². The van der Waals surface area contributed by atoms with E-state index in [1.54, 1.807) is 19.9 Å². The van der Waals surface area contributed by atoms with Crippen molar-refractivity contribution in [1.82, 2.24) is 5.32 Å². The number of benzene rings is 1. The molecular formula is C15H14BrFN2O3. The Kier molecular flexibility index (Phi) is 3.36. The highest BCUT2D eigenvalue weighted by Crippen LogP contribution is 2.45. The molecule has 0 spiro atoms. The molecule has 3 rings (SSSR count). The van der Waals surface area contributed by atoms with Gasteiger partial charge in [-0.05, 0) is 53.9 Å². The van der Waals surface area contributed by atoms with Gasteiger partial charge in [0.1, 0.15) is 11.9 Å². The van der Waals surface area contributed by atoms with Crippen molar-refractivity contribution in [3.8, 4) is 0 Å². The van der Waals surface area contributed by atoms with E-state index in [0.717, 1.165) is 0 Å². The van der Waals surface area contributed by atoms with Crippen molar-refractivity contribution in [2.45, 2.75) is 38.1 Å². The lowest BCUT2D eigenvalue weighted by molar-refractivity contribution is -0.136. The number of amides is 3. The van der Waals surface area contributed by atoms with Gasteiger partial charge in [-0.15, -0.1) is 0 Å². The second-order valence-corrected chi connectivity index (χ2v) is 6.90. The van der Waals surface area contributed by atoms with Gasteiger partial charge in [-0.25, -0.2) is 4.39 Å². The average Bonchev–Trinajstić information content (AvgIpc) is 2.61. The fourth-order valence-corrected chi connectivity index (χ4v) is 3.34. The van der Waals surface area contributed by atoms with E-state index < -0.39 is 23.2 Å². The molecule has 2 aliphatic heterocycles. The number of nitrogens with zero attached hydrogens (tertiary/aromatic N) is 1. The standard InChI is InChI=1S/C15H14BrFN2O3/c1-15(2)7-5-8(16)9(17)6-11(7)19(14(15)22)10-3-4-12(20)18-13(10)21/h5-6,10H,3-4H2,1-2H3,(H,18,20,21). The van der Waals surface area contributed by atoms with Crippen LogP contribution in [0.2, 0.25) is 0 Å². The summed E-state index contributed by atoms with van der Waals surface area (Å²) >= 11 is 3.13. The number of nitrogens with one attached hydrogen (secondary N) is 1. The predicted octanol–water partition coefficient (Wildman–Crippen LogP) is 2.02. The fourth-order valence-electron chi connectivity index (χ4n) is 3.00. The molecule has 1 unspecified atom stereocenters. The van der Waals surface area contributed by atoms with Crippen LogP contribution in [0, 0.1) is 5.82 Å². The lowest BCUT2D eigenvalue weighted by Crippen LogP contribution is -2.55. The third-order valence-corrected chi connectivity index (χ3v) is 4.85. The Hall–Kier alpha value is -1.76. The molecule has 7 heteroatoms. The highest BCUT2D eigenvalue weighted by molar-refractivity contribution is 9.10. The maximum Gasteiger partial charge on any atom is 0.249 e. The van der Waals surface area contributed by atoms with E-state index in [9.17, 15) is 18.8 Å². The zero-order valence-corrected chi connectivity index (χ0v) is 13.7. The molecule has 2 heterocycles. The van der Waals surface area contributed by atoms with Crippen molar-refractivity contribution in [2.24, 2.45) is 0 Å². The van der Waals surface area contributed by atoms with E-state index in [1.807, 2.05) is 0 Å². The number of halogens is 2. The number of piperidine rings is 1. The van der Waals surface area contributed by atoms with E-state index in [0.29, 0.717) is 11.3 Å². The SMILES string of the molecule is CC1(C)C(=O)N(C2CCC(=O)NC2=O)c2cc(F)c(Br)cc21. The van der Waals surface area contributed by atoms with E-state index in [4.69, 9.17) is 0 Å². The van der Waals surface area contributed by atoms with Gasteiger partial charge in [0.05, 0.1) is 15.6 Å². The van der Waals surface area contributed by atoms with Gasteiger partial charge in [0.25, 0.3) is 0 Å². The Bertz CT molecular complexity index is 717. The lowest BCUT2D eigenvalue weighted by atomic mass is 9.86. The number of hydrogen-bond donors (Lipinski definition) is 1. The van der Waals surface area contributed by atoms with Crippen LogP contribution in [0.15, 0.2) is 16.6 Å². The van der Waals surface area contributed by atoms with Crippen molar-refractivity contribution in [1.29, 1.82) is 0 Å². The summed E-state index contributed by atoms with van der Waals surface area (Å²) in [6.45, 7) is 3.48. The number of rotatable bonds is 1. The molecule has 3 amide bonds. The van der Waals surface area contributed by atoms with Gasteiger partial charge in [0.2, 0.25) is 17.7 Å². The minimum absolute atomic E-state index is 0.162. The molecule has 1 saturated heterocycles. The number of anilines is 1. The number of fused-ring (bicyclic) bond motifs is 1. The summed E-state index contributed by atoms with van der Waals surface area (Å²) in [7, 11) is 0. The van der Waals surface area contributed by atoms with E-state index >= 15 is 0 Å². The average molecular weight is 369 g/mol. The summed E-state index contributed by atoms with van der Waals surface area (Å²) < 4.78 is 14.2. The summed E-state index contributed by atoms with van der Waals surface area (Å²) in [6.07, 6.45) is 0.401. The Labute approximate surface area is 135 Å². The molecule has 1 atom stereocenters. The number of hydrogen-bond acceptors (Lipinski definition) is 3. The van der Waals surface area contributed by atoms with Gasteiger partial charge in [-0.1, -0.05) is 0 Å². The first-order valence-corrected chi connectivity index (χ1v) is 7.69. The zero-order chi connectivity index (χ0) is 16.2. The number of carbonyl (C=O) groups is 3. The van der Waals surface area contributed by atoms with Gasteiger partial charge in [0, 0.05) is 6.42 Å². The van der Waals surface area contributed by atoms with Crippen LogP contribution in [0.25, 0.3) is 0 Å². The number of imide groups is 1. The molecule has 0 aliphatic carbocycles. The molecule has 116 valence electrons. The quantitative estimate of drug-likeness (QED) is 0.771. The van der Waals surface area contributed by atoms with Crippen LogP contribution in [0.1, 0.15) is 32.3 Å². The third-order valence-electron chi connectivity index (χ3n) is 4.25. The van der Waals surface area contributed by atoms with Crippen molar-refractivity contribution in [3.05, 3.63) is 28.0 Å². The van der Waals surface area contributed by atoms with Crippen LogP contribution in [-0.2, 0) is 19.8 Å². The second kappa shape index (κ2) is 4.87. The smallest absolute Gasteiger partial charge is 0.249 e.